The van der Waals surface area contributed by atoms with Crippen molar-refractivity contribution in [1.82, 2.24) is 10.2 Å². The van der Waals surface area contributed by atoms with E-state index in [4.69, 9.17) is 23.2 Å². The number of halogens is 2. The third-order valence-corrected chi connectivity index (χ3v) is 10.7. The van der Waals surface area contributed by atoms with E-state index in [1.54, 1.807) is 48.5 Å². The fraction of sp³-hybridized carbons (Fsp3) is 0.412. The monoisotopic (exact) mass is 657 g/mol. The second-order valence-corrected chi connectivity index (χ2v) is 14.3. The van der Waals surface area contributed by atoms with Crippen LogP contribution in [0.15, 0.2) is 77.7 Å². The molecule has 1 aliphatic carbocycles. The molecule has 0 saturated heterocycles. The van der Waals surface area contributed by atoms with E-state index in [-0.39, 0.29) is 29.3 Å². The van der Waals surface area contributed by atoms with Crippen molar-refractivity contribution in [3.05, 3.63) is 94.0 Å². The molecule has 1 aliphatic rings. The van der Waals surface area contributed by atoms with E-state index in [9.17, 15) is 18.0 Å². The molecule has 2 amide bonds. The van der Waals surface area contributed by atoms with Crippen LogP contribution >= 0.6 is 23.2 Å². The summed E-state index contributed by atoms with van der Waals surface area (Å²) in [5.74, 6) is -0.500. The van der Waals surface area contributed by atoms with Gasteiger partial charge in [-0.3, -0.25) is 13.9 Å². The summed E-state index contributed by atoms with van der Waals surface area (Å²) in [6.07, 6.45) is 5.40. The van der Waals surface area contributed by atoms with Crippen LogP contribution in [0.1, 0.15) is 76.3 Å². The summed E-state index contributed by atoms with van der Waals surface area (Å²) < 4.78 is 29.2. The molecule has 10 heteroatoms. The SMILES string of the molecule is CCC(C(=O)NC1CCCCC1)N(Cc1ccc(Cl)c(Cl)c1)C(=O)CN(c1ccc(C(C)C)cc1)S(=O)(=O)c1ccccc1. The van der Waals surface area contributed by atoms with Gasteiger partial charge in [-0.25, -0.2) is 8.42 Å². The van der Waals surface area contributed by atoms with Crippen LogP contribution in [0.4, 0.5) is 5.69 Å². The maximum atomic E-state index is 14.3. The zero-order chi connectivity index (χ0) is 31.9. The van der Waals surface area contributed by atoms with E-state index in [1.807, 2.05) is 19.1 Å². The highest BCUT2D eigenvalue weighted by Gasteiger charge is 2.34. The molecule has 44 heavy (non-hydrogen) atoms. The van der Waals surface area contributed by atoms with Crippen LogP contribution in [-0.2, 0) is 26.2 Å². The van der Waals surface area contributed by atoms with Crippen molar-refractivity contribution in [2.24, 2.45) is 0 Å². The number of nitrogens with one attached hydrogen (secondary N) is 1. The number of hydrogen-bond donors (Lipinski definition) is 1. The van der Waals surface area contributed by atoms with Gasteiger partial charge < -0.3 is 10.2 Å². The molecule has 3 aromatic carbocycles. The van der Waals surface area contributed by atoms with Crippen LogP contribution in [0.2, 0.25) is 10.0 Å². The maximum Gasteiger partial charge on any atom is 0.264 e. The molecular weight excluding hydrogens is 617 g/mol. The third-order valence-electron chi connectivity index (χ3n) is 8.13. The van der Waals surface area contributed by atoms with Crippen molar-refractivity contribution < 1.29 is 18.0 Å². The van der Waals surface area contributed by atoms with Crippen LogP contribution in [0.5, 0.6) is 0 Å². The Morgan fingerprint density at radius 2 is 1.57 bits per heavy atom. The Morgan fingerprint density at radius 3 is 2.16 bits per heavy atom. The standard InChI is InChI=1S/C34H41Cl2N3O4S/c1-4-32(34(41)37-27-11-7-5-8-12-27)38(22-25-15-20-30(35)31(36)21-25)33(40)23-39(28-18-16-26(17-19-28)24(2)3)44(42,43)29-13-9-6-10-14-29/h6,9-10,13-21,24,27,32H,4-5,7-8,11-12,22-23H2,1-3H3,(H,37,41). The number of rotatable bonds is 12. The van der Waals surface area contributed by atoms with E-state index in [0.717, 1.165) is 42.0 Å². The largest absolute Gasteiger partial charge is 0.352 e. The second kappa shape index (κ2) is 15.3. The van der Waals surface area contributed by atoms with Gasteiger partial charge in [0.25, 0.3) is 10.0 Å². The molecule has 236 valence electrons. The summed E-state index contributed by atoms with van der Waals surface area (Å²) in [4.78, 5) is 29.5. The number of hydrogen-bond acceptors (Lipinski definition) is 4. The molecule has 0 aromatic heterocycles. The average molecular weight is 659 g/mol. The van der Waals surface area contributed by atoms with E-state index in [0.29, 0.717) is 27.7 Å². The van der Waals surface area contributed by atoms with Crippen LogP contribution in [0.25, 0.3) is 0 Å². The molecule has 0 bridgehead atoms. The molecule has 0 aliphatic heterocycles. The average Bonchev–Trinajstić information content (AvgIpc) is 3.02. The molecular formula is C34H41Cl2N3O4S. The number of carbonyl (C=O) groups excluding carboxylic acids is 2. The van der Waals surface area contributed by atoms with Crippen molar-refractivity contribution >= 4 is 50.7 Å². The van der Waals surface area contributed by atoms with Gasteiger partial charge in [0.05, 0.1) is 20.6 Å². The zero-order valence-electron chi connectivity index (χ0n) is 25.5. The Kier molecular flexibility index (Phi) is 11.7. The van der Waals surface area contributed by atoms with Gasteiger partial charge in [-0.05, 0) is 72.7 Å². The summed E-state index contributed by atoms with van der Waals surface area (Å²) in [6, 6.07) is 19.5. The normalized spacial score (nSPS) is 14.7. The Labute approximate surface area is 271 Å². The van der Waals surface area contributed by atoms with Gasteiger partial charge in [0.2, 0.25) is 11.8 Å². The summed E-state index contributed by atoms with van der Waals surface area (Å²) in [7, 11) is -4.13. The van der Waals surface area contributed by atoms with Crippen LogP contribution in [0.3, 0.4) is 0 Å². The van der Waals surface area contributed by atoms with Crippen molar-refractivity contribution in [1.29, 1.82) is 0 Å². The first-order chi connectivity index (χ1) is 21.0. The van der Waals surface area contributed by atoms with E-state index < -0.39 is 28.5 Å². The number of amides is 2. The smallest absolute Gasteiger partial charge is 0.264 e. The summed E-state index contributed by atoms with van der Waals surface area (Å²) in [5.41, 5.74) is 2.08. The van der Waals surface area contributed by atoms with E-state index in [2.05, 4.69) is 19.2 Å². The predicted octanol–water partition coefficient (Wildman–Crippen LogP) is 7.57. The fourth-order valence-corrected chi connectivity index (χ4v) is 7.33. The van der Waals surface area contributed by atoms with Crippen LogP contribution in [-0.4, -0.2) is 43.8 Å². The lowest BCUT2D eigenvalue weighted by Gasteiger charge is -2.34. The number of benzene rings is 3. The molecule has 0 spiro atoms. The summed E-state index contributed by atoms with van der Waals surface area (Å²) in [6.45, 7) is 5.52. The molecule has 1 saturated carbocycles. The van der Waals surface area contributed by atoms with Crippen molar-refractivity contribution in [3.8, 4) is 0 Å². The van der Waals surface area contributed by atoms with E-state index >= 15 is 0 Å². The van der Waals surface area contributed by atoms with Crippen LogP contribution in [0, 0.1) is 0 Å². The Bertz CT molecular complexity index is 1530. The molecule has 3 aromatic rings. The fourth-order valence-electron chi connectivity index (χ4n) is 5.57. The molecule has 1 fully saturated rings. The highest BCUT2D eigenvalue weighted by molar-refractivity contribution is 7.92. The van der Waals surface area contributed by atoms with Gasteiger partial charge in [-0.15, -0.1) is 0 Å². The number of sulfonamides is 1. The summed E-state index contributed by atoms with van der Waals surface area (Å²) in [5, 5.41) is 3.86. The first kappa shape index (κ1) is 33.8. The lowest BCUT2D eigenvalue weighted by atomic mass is 9.95. The zero-order valence-corrected chi connectivity index (χ0v) is 27.8. The Hall–Kier alpha value is -3.07. The second-order valence-electron chi connectivity index (χ2n) is 11.6. The lowest BCUT2D eigenvalue weighted by molar-refractivity contribution is -0.140. The molecule has 1 unspecified atom stereocenters. The summed E-state index contributed by atoms with van der Waals surface area (Å²) >= 11 is 12.5. The topological polar surface area (TPSA) is 86.8 Å². The Morgan fingerprint density at radius 1 is 0.909 bits per heavy atom. The molecule has 1 atom stereocenters. The molecule has 0 radical (unpaired) electrons. The van der Waals surface area contributed by atoms with Gasteiger partial charge in [0.15, 0.2) is 0 Å². The molecule has 7 nitrogen and oxygen atoms in total. The van der Waals surface area contributed by atoms with Gasteiger partial charge in [0, 0.05) is 12.6 Å². The minimum absolute atomic E-state index is 0.0534. The van der Waals surface area contributed by atoms with Crippen molar-refractivity contribution in [2.45, 2.75) is 88.7 Å². The van der Waals surface area contributed by atoms with Gasteiger partial charge in [-0.2, -0.15) is 0 Å². The Balaban J connectivity index is 1.72. The van der Waals surface area contributed by atoms with Crippen molar-refractivity contribution in [2.75, 3.05) is 10.8 Å². The van der Waals surface area contributed by atoms with E-state index in [1.165, 1.54) is 17.0 Å². The van der Waals surface area contributed by atoms with Crippen LogP contribution < -0.4 is 9.62 Å². The third kappa shape index (κ3) is 8.34. The molecule has 0 heterocycles. The number of carbonyl (C=O) groups is 2. The first-order valence-corrected chi connectivity index (χ1v) is 17.4. The van der Waals surface area contributed by atoms with Gasteiger partial charge in [-0.1, -0.05) is 99.6 Å². The minimum atomic E-state index is -4.13. The maximum absolute atomic E-state index is 14.3. The minimum Gasteiger partial charge on any atom is -0.352 e. The highest BCUT2D eigenvalue weighted by Crippen LogP contribution is 2.28. The van der Waals surface area contributed by atoms with Gasteiger partial charge in [0.1, 0.15) is 12.6 Å². The predicted molar refractivity (Wildman–Crippen MR) is 178 cm³/mol. The number of nitrogens with zero attached hydrogens (tertiary/aromatic N) is 2. The van der Waals surface area contributed by atoms with Crippen molar-refractivity contribution in [3.63, 3.8) is 0 Å². The quantitative estimate of drug-likeness (QED) is 0.218. The number of anilines is 1. The van der Waals surface area contributed by atoms with Gasteiger partial charge >= 0.3 is 0 Å². The molecule has 4 rings (SSSR count). The highest BCUT2D eigenvalue weighted by atomic mass is 35.5. The molecule has 1 N–H and O–H groups in total. The lowest BCUT2D eigenvalue weighted by Crippen LogP contribution is -2.54. The first-order valence-electron chi connectivity index (χ1n) is 15.2.